The first-order valence-corrected chi connectivity index (χ1v) is 11.4. The van der Waals surface area contributed by atoms with Crippen molar-refractivity contribution in [3.8, 4) is 11.5 Å². The maximum atomic E-state index is 12.6. The second-order valence-electron chi connectivity index (χ2n) is 7.53. The highest BCUT2D eigenvalue weighted by Gasteiger charge is 2.31. The molecular weight excluding hydrogens is 436 g/mol. The van der Waals surface area contributed by atoms with Crippen LogP contribution >= 0.6 is 11.8 Å². The molecule has 0 saturated carbocycles. The van der Waals surface area contributed by atoms with E-state index in [2.05, 4.69) is 15.6 Å². The predicted molar refractivity (Wildman–Crippen MR) is 132 cm³/mol. The van der Waals surface area contributed by atoms with E-state index in [1.807, 2.05) is 54.1 Å². The minimum Gasteiger partial charge on any atom is -0.493 e. The minimum absolute atomic E-state index is 0.147. The summed E-state index contributed by atoms with van der Waals surface area (Å²) < 4.78 is 13.4. The van der Waals surface area contributed by atoms with Gasteiger partial charge in [-0.2, -0.15) is 4.99 Å². The summed E-state index contributed by atoms with van der Waals surface area (Å²) >= 11 is 1.34. The molecule has 2 aliphatic rings. The number of nitrogens with zero attached hydrogens (tertiary/aromatic N) is 3. The topological polar surface area (TPSA) is 79.9 Å². The van der Waals surface area contributed by atoms with Crippen molar-refractivity contribution in [3.05, 3.63) is 77.5 Å². The number of para-hydroxylation sites is 3. The van der Waals surface area contributed by atoms with Gasteiger partial charge in [-0.3, -0.25) is 15.1 Å². The van der Waals surface area contributed by atoms with E-state index < -0.39 is 0 Å². The van der Waals surface area contributed by atoms with Crippen molar-refractivity contribution >= 4 is 45.7 Å². The number of amides is 1. The number of fused-ring (bicyclic) bond motifs is 2. The SMILES string of the molecule is COc1ccccc1OCCCn1cc(/C=C2/C(=N)N3C=CSC3=NC2=O)c2ccccc21. The van der Waals surface area contributed by atoms with E-state index >= 15 is 0 Å². The van der Waals surface area contributed by atoms with Gasteiger partial charge in [0.05, 0.1) is 19.3 Å². The first-order chi connectivity index (χ1) is 16.2. The quantitative estimate of drug-likeness (QED) is 0.403. The Morgan fingerprint density at radius 2 is 1.91 bits per heavy atom. The number of carbonyl (C=O) groups excluding carboxylic acids is 1. The van der Waals surface area contributed by atoms with Gasteiger partial charge in [-0.1, -0.05) is 42.1 Å². The third kappa shape index (κ3) is 4.05. The van der Waals surface area contributed by atoms with Gasteiger partial charge in [-0.15, -0.1) is 0 Å². The normalized spacial score (nSPS) is 16.5. The van der Waals surface area contributed by atoms with Crippen LogP contribution < -0.4 is 9.47 Å². The van der Waals surface area contributed by atoms with Crippen molar-refractivity contribution in [1.82, 2.24) is 9.47 Å². The van der Waals surface area contributed by atoms with Crippen molar-refractivity contribution in [3.63, 3.8) is 0 Å². The lowest BCUT2D eigenvalue weighted by molar-refractivity contribution is -0.114. The number of hydrogen-bond donors (Lipinski definition) is 1. The van der Waals surface area contributed by atoms with Crippen LogP contribution in [0.3, 0.4) is 0 Å². The Hall–Kier alpha value is -3.78. The van der Waals surface area contributed by atoms with Crippen LogP contribution in [0.2, 0.25) is 0 Å². The van der Waals surface area contributed by atoms with Gasteiger partial charge in [0.2, 0.25) is 0 Å². The average Bonchev–Trinajstić information content (AvgIpc) is 3.44. The summed E-state index contributed by atoms with van der Waals surface area (Å²) in [6.45, 7) is 1.29. The van der Waals surface area contributed by atoms with E-state index in [0.29, 0.717) is 11.8 Å². The molecule has 0 radical (unpaired) electrons. The number of hydrogen-bond acceptors (Lipinski definition) is 5. The van der Waals surface area contributed by atoms with Crippen molar-refractivity contribution < 1.29 is 14.3 Å². The Balaban J connectivity index is 1.36. The fraction of sp³-hybridized carbons (Fsp3) is 0.160. The smallest absolute Gasteiger partial charge is 0.283 e. The monoisotopic (exact) mass is 458 g/mol. The first-order valence-electron chi connectivity index (χ1n) is 10.6. The number of rotatable bonds is 7. The molecule has 7 nitrogen and oxygen atoms in total. The summed E-state index contributed by atoms with van der Waals surface area (Å²) in [7, 11) is 1.63. The molecule has 2 aliphatic heterocycles. The largest absolute Gasteiger partial charge is 0.493 e. The van der Waals surface area contributed by atoms with Crippen LogP contribution in [0.4, 0.5) is 0 Å². The third-order valence-corrected chi connectivity index (χ3v) is 6.26. The Labute approximate surface area is 195 Å². The maximum absolute atomic E-state index is 12.6. The van der Waals surface area contributed by atoms with Gasteiger partial charge in [0.15, 0.2) is 16.7 Å². The Kier molecular flexibility index (Phi) is 5.75. The number of carbonyl (C=O) groups is 1. The van der Waals surface area contributed by atoms with Crippen molar-refractivity contribution in [2.75, 3.05) is 13.7 Å². The number of aliphatic imine (C=N–C) groups is 1. The standard InChI is InChI=1S/C25H22N4O3S/c1-31-21-9-4-5-10-22(21)32-13-6-11-28-16-17(18-7-2-3-8-20(18)28)15-19-23(26)29-12-14-33-25(29)27-24(19)30/h2-5,7-10,12,14-16,26H,6,11,13H2,1H3/b19-15-,26-23?. The molecule has 8 heteroatoms. The summed E-state index contributed by atoms with van der Waals surface area (Å²) in [5, 5.41) is 11.9. The average molecular weight is 459 g/mol. The summed E-state index contributed by atoms with van der Waals surface area (Å²) in [5.74, 6) is 1.21. The van der Waals surface area contributed by atoms with E-state index in [-0.39, 0.29) is 17.3 Å². The van der Waals surface area contributed by atoms with E-state index in [4.69, 9.17) is 14.9 Å². The maximum Gasteiger partial charge on any atom is 0.283 e. The lowest BCUT2D eigenvalue weighted by atomic mass is 10.1. The van der Waals surface area contributed by atoms with Gasteiger partial charge in [-0.05, 0) is 36.1 Å². The molecule has 3 heterocycles. The van der Waals surface area contributed by atoms with Gasteiger partial charge in [0.1, 0.15) is 5.84 Å². The molecule has 5 rings (SSSR count). The van der Waals surface area contributed by atoms with Crippen LogP contribution in [-0.2, 0) is 11.3 Å². The Morgan fingerprint density at radius 1 is 1.12 bits per heavy atom. The van der Waals surface area contributed by atoms with Gasteiger partial charge < -0.3 is 14.0 Å². The van der Waals surface area contributed by atoms with Gasteiger partial charge in [0, 0.05) is 35.4 Å². The van der Waals surface area contributed by atoms with E-state index in [0.717, 1.165) is 40.9 Å². The zero-order valence-electron chi connectivity index (χ0n) is 18.0. The minimum atomic E-state index is -0.385. The lowest BCUT2D eigenvalue weighted by Gasteiger charge is -2.22. The zero-order chi connectivity index (χ0) is 22.8. The third-order valence-electron chi connectivity index (χ3n) is 5.50. The number of aromatic nitrogens is 1. The molecule has 3 aromatic rings. The molecule has 0 saturated heterocycles. The lowest BCUT2D eigenvalue weighted by Crippen LogP contribution is -2.35. The molecule has 2 aromatic carbocycles. The molecule has 0 atom stereocenters. The zero-order valence-corrected chi connectivity index (χ0v) is 18.8. The summed E-state index contributed by atoms with van der Waals surface area (Å²) in [6, 6.07) is 15.7. The number of ether oxygens (including phenoxy) is 2. The Morgan fingerprint density at radius 3 is 2.76 bits per heavy atom. The van der Waals surface area contributed by atoms with Crippen LogP contribution in [-0.4, -0.2) is 40.1 Å². The fourth-order valence-corrected chi connectivity index (χ4v) is 4.62. The molecule has 0 unspecified atom stereocenters. The number of methoxy groups -OCH3 is 1. The van der Waals surface area contributed by atoms with Gasteiger partial charge >= 0.3 is 0 Å². The summed E-state index contributed by atoms with van der Waals surface area (Å²) in [6.07, 6.45) is 6.35. The molecule has 33 heavy (non-hydrogen) atoms. The second kappa shape index (κ2) is 8.99. The number of aryl methyl sites for hydroxylation is 1. The highest BCUT2D eigenvalue weighted by atomic mass is 32.2. The highest BCUT2D eigenvalue weighted by Crippen LogP contribution is 2.30. The fourth-order valence-electron chi connectivity index (χ4n) is 3.92. The van der Waals surface area contributed by atoms with Gasteiger partial charge in [-0.25, -0.2) is 0 Å². The van der Waals surface area contributed by atoms with Crippen LogP contribution in [0.1, 0.15) is 12.0 Å². The Bertz CT molecular complexity index is 1340. The van der Waals surface area contributed by atoms with E-state index in [1.54, 1.807) is 24.3 Å². The number of amidine groups is 2. The molecule has 1 amide bonds. The van der Waals surface area contributed by atoms with Crippen molar-refractivity contribution in [1.29, 1.82) is 5.41 Å². The molecule has 0 bridgehead atoms. The molecule has 0 aliphatic carbocycles. The van der Waals surface area contributed by atoms with Crippen molar-refractivity contribution in [2.24, 2.45) is 4.99 Å². The second-order valence-corrected chi connectivity index (χ2v) is 8.40. The molecule has 1 N–H and O–H groups in total. The van der Waals surface area contributed by atoms with Crippen LogP contribution in [0.15, 0.2) is 76.9 Å². The number of thioether (sulfide) groups is 1. The number of nitrogens with one attached hydrogen (secondary N) is 1. The predicted octanol–water partition coefficient (Wildman–Crippen LogP) is 4.90. The van der Waals surface area contributed by atoms with Crippen LogP contribution in [0.5, 0.6) is 11.5 Å². The van der Waals surface area contributed by atoms with Crippen LogP contribution in [0.25, 0.3) is 17.0 Å². The van der Waals surface area contributed by atoms with Gasteiger partial charge in [0.25, 0.3) is 5.91 Å². The van der Waals surface area contributed by atoms with Crippen LogP contribution in [0, 0.1) is 5.41 Å². The first kappa shape index (κ1) is 21.1. The molecule has 1 aromatic heterocycles. The summed E-state index contributed by atoms with van der Waals surface area (Å²) in [4.78, 5) is 18.3. The number of benzene rings is 2. The highest BCUT2D eigenvalue weighted by molar-refractivity contribution is 8.16. The van der Waals surface area contributed by atoms with Crippen molar-refractivity contribution in [2.45, 2.75) is 13.0 Å². The molecule has 0 spiro atoms. The molecule has 166 valence electrons. The van der Waals surface area contributed by atoms with E-state index in [9.17, 15) is 4.79 Å². The summed E-state index contributed by atoms with van der Waals surface area (Å²) in [5.41, 5.74) is 2.24. The molecule has 0 fully saturated rings. The van der Waals surface area contributed by atoms with E-state index in [1.165, 1.54) is 11.8 Å². The molecular formula is C25H22N4O3S.